The molecule has 0 aliphatic heterocycles. The van der Waals surface area contributed by atoms with Gasteiger partial charge in [-0.3, -0.25) is 10.2 Å². The quantitative estimate of drug-likeness (QED) is 0.194. The third-order valence-electron chi connectivity index (χ3n) is 3.03. The van der Waals surface area contributed by atoms with Crippen LogP contribution in [-0.4, -0.2) is 33.6 Å². The van der Waals surface area contributed by atoms with E-state index in [9.17, 15) is 9.90 Å². The minimum atomic E-state index is -1.01. The topological polar surface area (TPSA) is 152 Å². The number of amidine groups is 1. The van der Waals surface area contributed by atoms with E-state index in [1.165, 1.54) is 12.4 Å². The Hall–Kier alpha value is -3.15. The minimum absolute atomic E-state index is 0.116. The van der Waals surface area contributed by atoms with Gasteiger partial charge in [-0.15, -0.1) is 0 Å². The van der Waals surface area contributed by atoms with Crippen molar-refractivity contribution in [3.05, 3.63) is 18.0 Å². The van der Waals surface area contributed by atoms with Crippen LogP contribution in [-0.2, 0) is 4.79 Å². The lowest BCUT2D eigenvalue weighted by Crippen LogP contribution is -2.38. The van der Waals surface area contributed by atoms with Crippen LogP contribution in [0, 0.1) is 29.6 Å². The summed E-state index contributed by atoms with van der Waals surface area (Å²) in [5.41, 5.74) is 8.38. The van der Waals surface area contributed by atoms with Crippen molar-refractivity contribution in [2.24, 2.45) is 33.8 Å². The highest BCUT2D eigenvalue weighted by Crippen LogP contribution is 2.22. The molecular weight excluding hydrogens is 298 g/mol. The highest BCUT2D eigenvalue weighted by molar-refractivity contribution is 5.91. The number of carboxylic acids is 1. The van der Waals surface area contributed by atoms with Crippen LogP contribution in [0.4, 0.5) is 5.95 Å². The van der Waals surface area contributed by atoms with Gasteiger partial charge in [0.25, 0.3) is 0 Å². The van der Waals surface area contributed by atoms with E-state index < -0.39 is 17.8 Å². The van der Waals surface area contributed by atoms with Crippen molar-refractivity contribution >= 4 is 24.5 Å². The summed E-state index contributed by atoms with van der Waals surface area (Å²) in [7, 11) is 0. The van der Waals surface area contributed by atoms with Gasteiger partial charge in [0.1, 0.15) is 0 Å². The second-order valence-corrected chi connectivity index (χ2v) is 4.97. The summed E-state index contributed by atoms with van der Waals surface area (Å²) in [6, 6.07) is 0. The molecule has 0 saturated heterocycles. The molecule has 6 N–H and O–H groups in total. The van der Waals surface area contributed by atoms with Gasteiger partial charge in [0.2, 0.25) is 5.95 Å². The third kappa shape index (κ3) is 4.96. The number of carbonyl (C=O) groups is 1. The smallest absolute Gasteiger partial charge is 0.308 e. The van der Waals surface area contributed by atoms with Crippen LogP contribution in [0.25, 0.3) is 0 Å². The molecule has 9 heteroatoms. The number of hydrogen-bond donors (Lipinski definition) is 4. The van der Waals surface area contributed by atoms with Gasteiger partial charge >= 0.3 is 5.97 Å². The molecule has 0 aliphatic rings. The van der Waals surface area contributed by atoms with E-state index in [0.29, 0.717) is 5.56 Å². The van der Waals surface area contributed by atoms with Crippen LogP contribution in [0.1, 0.15) is 19.4 Å². The number of rotatable bonds is 5. The zero-order chi connectivity index (χ0) is 17.4. The number of nitrogen functional groups attached to an aromatic ring is 1. The molecule has 0 spiro atoms. The lowest BCUT2D eigenvalue weighted by molar-refractivity contribution is -0.143. The Kier molecular flexibility index (Phi) is 6.48. The Labute approximate surface area is 133 Å². The van der Waals surface area contributed by atoms with Crippen molar-refractivity contribution in [1.29, 1.82) is 0 Å². The van der Waals surface area contributed by atoms with Crippen LogP contribution in [0.15, 0.2) is 22.6 Å². The second kappa shape index (κ2) is 8.33. The Morgan fingerprint density at radius 3 is 2.48 bits per heavy atom. The molecule has 23 heavy (non-hydrogen) atoms. The molecule has 122 valence electrons. The van der Waals surface area contributed by atoms with Gasteiger partial charge in [0.05, 0.1) is 17.4 Å². The van der Waals surface area contributed by atoms with Crippen molar-refractivity contribution in [2.75, 3.05) is 5.73 Å². The Morgan fingerprint density at radius 1 is 1.43 bits per heavy atom. The average molecular weight is 317 g/mol. The third-order valence-corrected chi connectivity index (χ3v) is 3.03. The van der Waals surface area contributed by atoms with Crippen LogP contribution in [0.3, 0.4) is 0 Å². The molecule has 0 amide bonds. The number of carboxylic acid groups (broad SMARTS) is 1. The molecule has 0 saturated carbocycles. The molecule has 9 nitrogen and oxygen atoms in total. The van der Waals surface area contributed by atoms with Gasteiger partial charge in [0.15, 0.2) is 5.84 Å². The fourth-order valence-corrected chi connectivity index (χ4v) is 1.96. The Bertz CT molecular complexity index is 643. The number of aromatic nitrogens is 2. The van der Waals surface area contributed by atoms with E-state index in [0.717, 1.165) is 0 Å². The fourth-order valence-electron chi connectivity index (χ4n) is 1.96. The van der Waals surface area contributed by atoms with Crippen LogP contribution in [0.2, 0.25) is 0 Å². The number of nitrogens with one attached hydrogen (secondary N) is 1. The monoisotopic (exact) mass is 317 g/mol. The lowest BCUT2D eigenvalue weighted by atomic mass is 9.82. The summed E-state index contributed by atoms with van der Waals surface area (Å²) < 4.78 is 0. The summed E-state index contributed by atoms with van der Waals surface area (Å²) in [5, 5.41) is 16.5. The standard InChI is InChI=1S/C14H19N7O2/c1-8(2)11(13(22)23)10(12(20-16)21-17-3)5-4-9-6-18-14(15)19-7-9/h6-8,10-11H,3,16H2,1-2H3,(H,20,21)(H,22,23)(H2,15,18,19)/t10?,11-/m0/s1. The van der Waals surface area contributed by atoms with Gasteiger partial charge < -0.3 is 16.7 Å². The van der Waals surface area contributed by atoms with Gasteiger partial charge in [-0.05, 0) is 5.92 Å². The molecule has 0 aromatic carbocycles. The molecule has 0 fully saturated rings. The molecule has 2 atom stereocenters. The zero-order valence-corrected chi connectivity index (χ0v) is 12.9. The molecule has 1 aromatic heterocycles. The fraction of sp³-hybridized carbons (Fsp3) is 0.357. The van der Waals surface area contributed by atoms with Gasteiger partial charge in [-0.2, -0.15) is 10.2 Å². The Balaban J connectivity index is 3.26. The molecule has 0 radical (unpaired) electrons. The van der Waals surface area contributed by atoms with E-state index in [1.54, 1.807) is 13.8 Å². The van der Waals surface area contributed by atoms with Gasteiger partial charge in [-0.25, -0.2) is 9.97 Å². The zero-order valence-electron chi connectivity index (χ0n) is 12.9. The SMILES string of the molecule is C=NNC(=NN)C(C#Cc1cnc(N)nc1)[C@@H](C(=O)O)C(C)C. The average Bonchev–Trinajstić information content (AvgIpc) is 2.50. The first-order chi connectivity index (χ1) is 10.9. The predicted molar refractivity (Wildman–Crippen MR) is 87.1 cm³/mol. The lowest BCUT2D eigenvalue weighted by Gasteiger charge is -2.23. The van der Waals surface area contributed by atoms with Crippen LogP contribution >= 0.6 is 0 Å². The molecular formula is C14H19N7O2. The molecule has 0 aliphatic carbocycles. The number of nitrogens with zero attached hydrogens (tertiary/aromatic N) is 4. The summed E-state index contributed by atoms with van der Waals surface area (Å²) in [6.45, 7) is 6.83. The number of hydrogen-bond acceptors (Lipinski definition) is 7. The summed E-state index contributed by atoms with van der Waals surface area (Å²) in [6.07, 6.45) is 2.88. The number of hydrazone groups is 2. The van der Waals surface area contributed by atoms with Gasteiger partial charge in [-0.1, -0.05) is 25.7 Å². The maximum Gasteiger partial charge on any atom is 0.308 e. The number of anilines is 1. The van der Waals surface area contributed by atoms with E-state index in [1.807, 2.05) is 0 Å². The highest BCUT2D eigenvalue weighted by Gasteiger charge is 2.33. The first-order valence-electron chi connectivity index (χ1n) is 6.72. The van der Waals surface area contributed by atoms with Crippen LogP contribution in [0.5, 0.6) is 0 Å². The van der Waals surface area contributed by atoms with Crippen molar-refractivity contribution in [1.82, 2.24) is 15.4 Å². The summed E-state index contributed by atoms with van der Waals surface area (Å²) >= 11 is 0. The van der Waals surface area contributed by atoms with E-state index in [-0.39, 0.29) is 17.7 Å². The van der Waals surface area contributed by atoms with Gasteiger partial charge in [0, 0.05) is 19.1 Å². The first-order valence-corrected chi connectivity index (χ1v) is 6.72. The maximum absolute atomic E-state index is 11.6. The van der Waals surface area contributed by atoms with E-state index in [4.69, 9.17) is 11.6 Å². The predicted octanol–water partition coefficient (Wildman–Crippen LogP) is -0.139. The van der Waals surface area contributed by atoms with Crippen molar-refractivity contribution in [3.63, 3.8) is 0 Å². The highest BCUT2D eigenvalue weighted by atomic mass is 16.4. The summed E-state index contributed by atoms with van der Waals surface area (Å²) in [5.74, 6) is 8.34. The Morgan fingerprint density at radius 2 is 2.04 bits per heavy atom. The number of nitrogens with two attached hydrogens (primary N) is 2. The second-order valence-electron chi connectivity index (χ2n) is 4.97. The summed E-state index contributed by atoms with van der Waals surface area (Å²) in [4.78, 5) is 19.2. The van der Waals surface area contributed by atoms with Crippen molar-refractivity contribution in [3.8, 4) is 11.8 Å². The molecule has 1 rings (SSSR count). The number of aliphatic carboxylic acids is 1. The van der Waals surface area contributed by atoms with E-state index in [2.05, 4.69) is 44.2 Å². The largest absolute Gasteiger partial charge is 0.481 e. The molecule has 1 unspecified atom stereocenters. The molecule has 1 heterocycles. The van der Waals surface area contributed by atoms with Crippen molar-refractivity contribution < 1.29 is 9.90 Å². The molecule has 1 aromatic rings. The maximum atomic E-state index is 11.6. The van der Waals surface area contributed by atoms with Crippen molar-refractivity contribution in [2.45, 2.75) is 13.8 Å². The molecule has 0 bridgehead atoms. The first kappa shape index (κ1) is 17.9. The van der Waals surface area contributed by atoms with Crippen LogP contribution < -0.4 is 17.0 Å². The minimum Gasteiger partial charge on any atom is -0.481 e. The van der Waals surface area contributed by atoms with E-state index >= 15 is 0 Å². The normalized spacial score (nSPS) is 13.6.